The summed E-state index contributed by atoms with van der Waals surface area (Å²) in [7, 11) is -5.66. The smallest absolute Gasteiger partial charge is 0.356 e. The molecule has 0 aliphatic carbocycles. The largest absolute Gasteiger partial charge is 0.516 e. The first-order valence-electron chi connectivity index (χ1n) is 8.83. The van der Waals surface area contributed by atoms with E-state index in [1.165, 1.54) is 30.3 Å². The van der Waals surface area contributed by atoms with E-state index in [0.717, 1.165) is 12.1 Å². The summed E-state index contributed by atoms with van der Waals surface area (Å²) in [5.41, 5.74) is -4.56. The summed E-state index contributed by atoms with van der Waals surface area (Å²) >= 11 is 0. The number of aryl methyl sites for hydroxylation is 1. The Morgan fingerprint density at radius 2 is 1.61 bits per heavy atom. The average Bonchev–Trinajstić information content (AvgIpc) is 2.71. The molecule has 31 heavy (non-hydrogen) atoms. The maximum atomic E-state index is 13.1. The number of oxime groups is 1. The first-order chi connectivity index (χ1) is 14.6. The molecule has 0 bridgehead atoms. The molecule has 3 aromatic rings. The predicted octanol–water partition coefficient (Wildman–Crippen LogP) is 5.23. The van der Waals surface area contributed by atoms with Gasteiger partial charge < -0.3 is 4.84 Å². The highest BCUT2D eigenvalue weighted by Gasteiger charge is 2.46. The van der Waals surface area contributed by atoms with Crippen LogP contribution in [0.4, 0.5) is 23.2 Å². The number of rotatable bonds is 6. The molecule has 0 aliphatic heterocycles. The topological polar surface area (TPSA) is 67.8 Å². The van der Waals surface area contributed by atoms with Gasteiger partial charge in [0.2, 0.25) is 0 Å². The maximum Gasteiger partial charge on any atom is 0.516 e. The lowest BCUT2D eigenvalue weighted by molar-refractivity contribution is -0.0429. The zero-order valence-electron chi connectivity index (χ0n) is 16.0. The van der Waals surface area contributed by atoms with E-state index in [2.05, 4.69) is 5.16 Å². The highest BCUT2D eigenvalue weighted by Crippen LogP contribution is 2.29. The summed E-state index contributed by atoms with van der Waals surface area (Å²) in [6, 6.07) is 17.5. The Morgan fingerprint density at radius 1 is 0.968 bits per heavy atom. The molecule has 0 aromatic heterocycles. The molecule has 0 amide bonds. The molecule has 3 aromatic carbocycles. The molecular weight excluding hydrogens is 436 g/mol. The third kappa shape index (κ3) is 5.40. The Morgan fingerprint density at radius 3 is 2.23 bits per heavy atom. The molecule has 0 saturated heterocycles. The predicted molar refractivity (Wildman–Crippen MR) is 109 cm³/mol. The molecule has 3 rings (SSSR count). The van der Waals surface area contributed by atoms with Crippen LogP contribution in [0.2, 0.25) is 0 Å². The first kappa shape index (κ1) is 22.3. The number of nitrogens with one attached hydrogen (secondary N) is 1. The normalized spacial score (nSPS) is 12.5. The summed E-state index contributed by atoms with van der Waals surface area (Å²) in [6.45, 7) is 1.69. The van der Waals surface area contributed by atoms with Gasteiger partial charge in [0, 0.05) is 11.1 Å². The minimum Gasteiger partial charge on any atom is -0.356 e. The molecule has 1 N–H and O–H groups in total. The number of benzene rings is 3. The van der Waals surface area contributed by atoms with Crippen LogP contribution in [0.25, 0.3) is 0 Å². The fourth-order valence-corrected chi connectivity index (χ4v) is 3.18. The number of sulfonamides is 1. The van der Waals surface area contributed by atoms with Gasteiger partial charge in [0.05, 0.1) is 5.69 Å². The monoisotopic (exact) mass is 452 g/mol. The summed E-state index contributed by atoms with van der Waals surface area (Å²) < 4.78 is 76.8. The van der Waals surface area contributed by atoms with Crippen LogP contribution in [0, 0.1) is 12.7 Å². The van der Waals surface area contributed by atoms with Gasteiger partial charge in [0.25, 0.3) is 0 Å². The van der Waals surface area contributed by atoms with Crippen molar-refractivity contribution >= 4 is 21.4 Å². The molecule has 0 heterocycles. The Bertz CT molecular complexity index is 1190. The van der Waals surface area contributed by atoms with Crippen LogP contribution in [0.1, 0.15) is 16.7 Å². The molecule has 0 aliphatic rings. The van der Waals surface area contributed by atoms with Crippen LogP contribution >= 0.6 is 0 Å². The van der Waals surface area contributed by atoms with Gasteiger partial charge in [-0.15, -0.1) is 0 Å². The third-order valence-corrected chi connectivity index (χ3v) is 5.18. The number of alkyl halides is 3. The van der Waals surface area contributed by atoms with E-state index in [1.807, 2.05) is 0 Å². The molecule has 162 valence electrons. The molecule has 0 spiro atoms. The SMILES string of the molecule is Cc1ccc(NS(=O)(=O)C(F)(F)F)c(/C(=N/Oc2ccc(F)cc2)c2ccccc2)c1. The van der Waals surface area contributed by atoms with E-state index in [9.17, 15) is 26.0 Å². The Labute approximate surface area is 176 Å². The van der Waals surface area contributed by atoms with Crippen LogP contribution in [0.3, 0.4) is 0 Å². The van der Waals surface area contributed by atoms with Crippen LogP contribution < -0.4 is 9.56 Å². The first-order valence-corrected chi connectivity index (χ1v) is 10.3. The second-order valence-corrected chi connectivity index (χ2v) is 8.13. The standard InChI is InChI=1S/C21H16F4N2O3S/c1-14-7-12-19(27-31(28,29)21(23,24)25)18(13-14)20(15-5-3-2-4-6-15)26-30-17-10-8-16(22)9-11-17/h2-13,27H,1H3/b26-20+. The van der Waals surface area contributed by atoms with Crippen LogP contribution in [-0.4, -0.2) is 19.6 Å². The number of anilines is 1. The van der Waals surface area contributed by atoms with Gasteiger partial charge in [-0.05, 0) is 43.3 Å². The summed E-state index contributed by atoms with van der Waals surface area (Å²) in [6.07, 6.45) is 0. The van der Waals surface area contributed by atoms with Crippen molar-refractivity contribution in [2.24, 2.45) is 5.16 Å². The van der Waals surface area contributed by atoms with E-state index < -0.39 is 21.3 Å². The highest BCUT2D eigenvalue weighted by atomic mass is 32.2. The van der Waals surface area contributed by atoms with Crippen LogP contribution in [0.5, 0.6) is 5.75 Å². The zero-order valence-corrected chi connectivity index (χ0v) is 16.8. The van der Waals surface area contributed by atoms with Crippen molar-refractivity contribution in [3.05, 3.63) is 95.3 Å². The number of hydrogen-bond acceptors (Lipinski definition) is 4. The van der Waals surface area contributed by atoms with E-state index in [4.69, 9.17) is 4.84 Å². The minimum absolute atomic E-state index is 0.0705. The van der Waals surface area contributed by atoms with Crippen LogP contribution in [-0.2, 0) is 10.0 Å². The van der Waals surface area contributed by atoms with E-state index >= 15 is 0 Å². The lowest BCUT2D eigenvalue weighted by atomic mass is 9.99. The van der Waals surface area contributed by atoms with E-state index in [-0.39, 0.29) is 22.7 Å². The van der Waals surface area contributed by atoms with Gasteiger partial charge in [-0.3, -0.25) is 4.72 Å². The van der Waals surface area contributed by atoms with Crippen molar-refractivity contribution < 1.29 is 30.8 Å². The van der Waals surface area contributed by atoms with Gasteiger partial charge in [0.15, 0.2) is 5.75 Å². The lowest BCUT2D eigenvalue weighted by Gasteiger charge is -2.16. The number of halogens is 4. The van der Waals surface area contributed by atoms with Gasteiger partial charge in [0.1, 0.15) is 11.5 Å². The second kappa shape index (κ2) is 8.76. The summed E-state index contributed by atoms with van der Waals surface area (Å²) in [4.78, 5) is 5.35. The Hall–Kier alpha value is -3.40. The van der Waals surface area contributed by atoms with Gasteiger partial charge in [-0.25, -0.2) is 4.39 Å². The number of nitrogens with zero attached hydrogens (tertiary/aromatic N) is 1. The summed E-state index contributed by atoms with van der Waals surface area (Å²) in [5.74, 6) is -0.304. The van der Waals surface area contributed by atoms with Crippen LogP contribution in [0.15, 0.2) is 78.0 Å². The molecule has 0 saturated carbocycles. The van der Waals surface area contributed by atoms with Crippen molar-refractivity contribution in [1.29, 1.82) is 0 Å². The van der Waals surface area contributed by atoms with Gasteiger partial charge >= 0.3 is 15.5 Å². The third-order valence-electron chi connectivity index (χ3n) is 4.08. The number of hydrogen-bond donors (Lipinski definition) is 1. The quantitative estimate of drug-likeness (QED) is 0.317. The van der Waals surface area contributed by atoms with Gasteiger partial charge in [-0.2, -0.15) is 21.6 Å². The Balaban J connectivity index is 2.12. The minimum atomic E-state index is -5.66. The average molecular weight is 452 g/mol. The van der Waals surface area contributed by atoms with E-state index in [1.54, 1.807) is 42.0 Å². The van der Waals surface area contributed by atoms with Crippen molar-refractivity contribution in [3.63, 3.8) is 0 Å². The molecule has 10 heteroatoms. The zero-order chi connectivity index (χ0) is 22.6. The fraction of sp³-hybridized carbons (Fsp3) is 0.0952. The molecule has 5 nitrogen and oxygen atoms in total. The Kier molecular flexibility index (Phi) is 6.30. The second-order valence-electron chi connectivity index (χ2n) is 6.45. The molecule has 0 fully saturated rings. The molecule has 0 radical (unpaired) electrons. The van der Waals surface area contributed by atoms with E-state index in [0.29, 0.717) is 11.1 Å². The molecular formula is C21H16F4N2O3S. The summed E-state index contributed by atoms with van der Waals surface area (Å²) in [5, 5.41) is 4.04. The van der Waals surface area contributed by atoms with Crippen molar-refractivity contribution in [2.45, 2.75) is 12.4 Å². The molecule has 0 unspecified atom stereocenters. The maximum absolute atomic E-state index is 13.1. The molecule has 0 atom stereocenters. The highest BCUT2D eigenvalue weighted by molar-refractivity contribution is 7.93. The van der Waals surface area contributed by atoms with Crippen molar-refractivity contribution in [3.8, 4) is 5.75 Å². The van der Waals surface area contributed by atoms with Gasteiger partial charge in [-0.1, -0.05) is 47.1 Å². The fourth-order valence-electron chi connectivity index (χ4n) is 2.59. The lowest BCUT2D eigenvalue weighted by Crippen LogP contribution is -2.30. The van der Waals surface area contributed by atoms with Crippen molar-refractivity contribution in [1.82, 2.24) is 0 Å². The van der Waals surface area contributed by atoms with Crippen molar-refractivity contribution in [2.75, 3.05) is 4.72 Å².